The van der Waals surface area contributed by atoms with E-state index in [4.69, 9.17) is 4.42 Å². The van der Waals surface area contributed by atoms with Crippen LogP contribution in [-0.2, 0) is 9.84 Å². The van der Waals surface area contributed by atoms with E-state index in [1.54, 1.807) is 42.5 Å². The molecule has 1 aromatic heterocycles. The highest BCUT2D eigenvalue weighted by molar-refractivity contribution is 7.91. The van der Waals surface area contributed by atoms with Crippen LogP contribution in [0.4, 0.5) is 0 Å². The number of hydrogen-bond acceptors (Lipinski definition) is 4. The summed E-state index contributed by atoms with van der Waals surface area (Å²) in [5, 5.41) is -1.06. The molecule has 0 radical (unpaired) electrons. The molecule has 128 valence electrons. The van der Waals surface area contributed by atoms with Gasteiger partial charge in [-0.2, -0.15) is 0 Å². The quantitative estimate of drug-likeness (QED) is 0.616. The standard InChI is InChI=1S/C20H18O4S/c1-15-9-11-16(12-10-15)18(21)14-20(19-8-5-13-24-19)25(22,23)17-6-3-2-4-7-17/h2-13,20H,14H2,1H3/t20-/m0/s1. The van der Waals surface area contributed by atoms with Crippen LogP contribution in [0.15, 0.2) is 82.3 Å². The number of carbonyl (C=O) groups is 1. The number of furan rings is 1. The molecule has 1 atom stereocenters. The zero-order valence-corrected chi connectivity index (χ0v) is 14.6. The highest BCUT2D eigenvalue weighted by atomic mass is 32.2. The molecule has 25 heavy (non-hydrogen) atoms. The molecule has 0 amide bonds. The van der Waals surface area contributed by atoms with Gasteiger partial charge in [-0.1, -0.05) is 48.0 Å². The van der Waals surface area contributed by atoms with Crippen molar-refractivity contribution in [3.05, 3.63) is 89.9 Å². The normalized spacial score (nSPS) is 12.7. The summed E-state index contributed by atoms with van der Waals surface area (Å²) in [6.45, 7) is 1.93. The largest absolute Gasteiger partial charge is 0.468 e. The molecule has 0 saturated carbocycles. The van der Waals surface area contributed by atoms with Crippen molar-refractivity contribution in [2.24, 2.45) is 0 Å². The van der Waals surface area contributed by atoms with Gasteiger partial charge in [0, 0.05) is 12.0 Å². The van der Waals surface area contributed by atoms with Gasteiger partial charge in [-0.3, -0.25) is 4.79 Å². The van der Waals surface area contributed by atoms with E-state index >= 15 is 0 Å². The topological polar surface area (TPSA) is 64.3 Å². The maximum absolute atomic E-state index is 13.0. The maximum atomic E-state index is 13.0. The zero-order chi connectivity index (χ0) is 17.9. The second-order valence-electron chi connectivity index (χ2n) is 5.86. The Labute approximate surface area is 147 Å². The van der Waals surface area contributed by atoms with Crippen molar-refractivity contribution in [3.63, 3.8) is 0 Å². The van der Waals surface area contributed by atoms with E-state index in [0.29, 0.717) is 5.56 Å². The zero-order valence-electron chi connectivity index (χ0n) is 13.8. The molecule has 0 aliphatic carbocycles. The molecule has 0 unspecified atom stereocenters. The Hall–Kier alpha value is -2.66. The average molecular weight is 354 g/mol. The fraction of sp³-hybridized carbons (Fsp3) is 0.150. The van der Waals surface area contributed by atoms with Gasteiger partial charge in [0.15, 0.2) is 15.6 Å². The molecule has 0 N–H and O–H groups in total. The molecule has 0 spiro atoms. The van der Waals surface area contributed by atoms with Crippen LogP contribution in [0.25, 0.3) is 0 Å². The second kappa shape index (κ2) is 7.07. The van der Waals surface area contributed by atoms with Crippen molar-refractivity contribution in [2.45, 2.75) is 23.5 Å². The highest BCUT2D eigenvalue weighted by Crippen LogP contribution is 2.33. The molecule has 1 heterocycles. The van der Waals surface area contributed by atoms with E-state index in [0.717, 1.165) is 5.56 Å². The molecule has 5 heteroatoms. The predicted octanol–water partition coefficient (Wildman–Crippen LogP) is 4.38. The number of hydrogen-bond donors (Lipinski definition) is 0. The lowest BCUT2D eigenvalue weighted by molar-refractivity contribution is 0.0978. The minimum absolute atomic E-state index is 0.173. The Morgan fingerprint density at radius 2 is 1.64 bits per heavy atom. The summed E-state index contributed by atoms with van der Waals surface area (Å²) in [4.78, 5) is 12.8. The summed E-state index contributed by atoms with van der Waals surface area (Å²) in [7, 11) is -3.75. The molecule has 0 aliphatic rings. The van der Waals surface area contributed by atoms with E-state index in [9.17, 15) is 13.2 Å². The van der Waals surface area contributed by atoms with E-state index in [2.05, 4.69) is 0 Å². The Bertz CT molecular complexity index is 941. The predicted molar refractivity (Wildman–Crippen MR) is 95.2 cm³/mol. The molecule has 0 saturated heterocycles. The van der Waals surface area contributed by atoms with Crippen molar-refractivity contribution < 1.29 is 17.6 Å². The van der Waals surface area contributed by atoms with E-state index in [-0.39, 0.29) is 22.9 Å². The molecule has 0 bridgehead atoms. The van der Waals surface area contributed by atoms with Crippen LogP contribution in [0.3, 0.4) is 0 Å². The van der Waals surface area contributed by atoms with Crippen LogP contribution in [0.2, 0.25) is 0 Å². The summed E-state index contributed by atoms with van der Waals surface area (Å²) in [6, 6.07) is 18.4. The van der Waals surface area contributed by atoms with Crippen molar-refractivity contribution >= 4 is 15.6 Å². The third kappa shape index (κ3) is 3.72. The third-order valence-electron chi connectivity index (χ3n) is 4.05. The van der Waals surface area contributed by atoms with E-state index in [1.807, 2.05) is 19.1 Å². The van der Waals surface area contributed by atoms with E-state index < -0.39 is 15.1 Å². The number of aryl methyl sites for hydroxylation is 1. The molecule has 2 aromatic carbocycles. The van der Waals surface area contributed by atoms with Crippen LogP contribution < -0.4 is 0 Å². The first-order chi connectivity index (χ1) is 12.0. The average Bonchev–Trinajstić information content (AvgIpc) is 3.15. The van der Waals surface area contributed by atoms with Crippen LogP contribution in [0.1, 0.15) is 33.4 Å². The monoisotopic (exact) mass is 354 g/mol. The first-order valence-corrected chi connectivity index (χ1v) is 9.45. The second-order valence-corrected chi connectivity index (χ2v) is 7.99. The first-order valence-electron chi connectivity index (χ1n) is 7.90. The summed E-state index contributed by atoms with van der Waals surface area (Å²) in [6.07, 6.45) is 1.24. The van der Waals surface area contributed by atoms with Crippen molar-refractivity contribution in [1.82, 2.24) is 0 Å². The maximum Gasteiger partial charge on any atom is 0.188 e. The van der Waals surface area contributed by atoms with Crippen molar-refractivity contribution in [3.8, 4) is 0 Å². The SMILES string of the molecule is Cc1ccc(C(=O)C[C@@H](c2ccco2)S(=O)(=O)c2ccccc2)cc1. The fourth-order valence-corrected chi connectivity index (χ4v) is 4.31. The van der Waals surface area contributed by atoms with Gasteiger partial charge >= 0.3 is 0 Å². The van der Waals surface area contributed by atoms with Gasteiger partial charge in [-0.25, -0.2) is 8.42 Å². The Kier molecular flexibility index (Phi) is 4.86. The van der Waals surface area contributed by atoms with Gasteiger partial charge in [0.25, 0.3) is 0 Å². The Morgan fingerprint density at radius 3 is 2.24 bits per heavy atom. The molecule has 0 fully saturated rings. The number of sulfone groups is 1. The summed E-state index contributed by atoms with van der Waals surface area (Å²) >= 11 is 0. The minimum atomic E-state index is -3.75. The number of ketones is 1. The van der Waals surface area contributed by atoms with Crippen LogP contribution >= 0.6 is 0 Å². The van der Waals surface area contributed by atoms with Crippen molar-refractivity contribution in [2.75, 3.05) is 0 Å². The van der Waals surface area contributed by atoms with Crippen LogP contribution in [-0.4, -0.2) is 14.2 Å². The Balaban J connectivity index is 1.96. The van der Waals surface area contributed by atoms with Gasteiger partial charge < -0.3 is 4.42 Å². The lowest BCUT2D eigenvalue weighted by Crippen LogP contribution is -2.17. The number of Topliss-reactive ketones (excluding diaryl/α,β-unsaturated/α-hetero) is 1. The molecule has 4 nitrogen and oxygen atoms in total. The molecular weight excluding hydrogens is 336 g/mol. The lowest BCUT2D eigenvalue weighted by Gasteiger charge is -2.15. The van der Waals surface area contributed by atoms with E-state index in [1.165, 1.54) is 18.4 Å². The van der Waals surface area contributed by atoms with Crippen LogP contribution in [0, 0.1) is 6.92 Å². The molecule has 3 aromatic rings. The number of rotatable bonds is 6. The van der Waals surface area contributed by atoms with Gasteiger partial charge in [-0.15, -0.1) is 0 Å². The highest BCUT2D eigenvalue weighted by Gasteiger charge is 2.33. The summed E-state index contributed by atoms with van der Waals surface area (Å²) < 4.78 is 31.4. The fourth-order valence-electron chi connectivity index (χ4n) is 2.64. The van der Waals surface area contributed by atoms with Gasteiger partial charge in [0.2, 0.25) is 0 Å². The van der Waals surface area contributed by atoms with Gasteiger partial charge in [-0.05, 0) is 31.2 Å². The number of benzene rings is 2. The van der Waals surface area contributed by atoms with Gasteiger partial charge in [0.05, 0.1) is 11.2 Å². The van der Waals surface area contributed by atoms with Gasteiger partial charge in [0.1, 0.15) is 11.0 Å². The first kappa shape index (κ1) is 17.2. The summed E-state index contributed by atoms with van der Waals surface area (Å²) in [5.74, 6) is 0.0326. The molecule has 3 rings (SSSR count). The minimum Gasteiger partial charge on any atom is -0.468 e. The Morgan fingerprint density at radius 1 is 0.960 bits per heavy atom. The number of carbonyl (C=O) groups excluding carboxylic acids is 1. The lowest BCUT2D eigenvalue weighted by atomic mass is 10.0. The third-order valence-corrected chi connectivity index (χ3v) is 6.13. The molecular formula is C20H18O4S. The smallest absolute Gasteiger partial charge is 0.188 e. The molecule has 0 aliphatic heterocycles. The summed E-state index contributed by atoms with van der Waals surface area (Å²) in [5.41, 5.74) is 1.53. The van der Waals surface area contributed by atoms with Crippen LogP contribution in [0.5, 0.6) is 0 Å². The van der Waals surface area contributed by atoms with Crippen molar-refractivity contribution in [1.29, 1.82) is 0 Å².